The Bertz CT molecular complexity index is 1150. The van der Waals surface area contributed by atoms with Crippen molar-refractivity contribution in [2.24, 2.45) is 0 Å². The third kappa shape index (κ3) is 8.83. The van der Waals surface area contributed by atoms with E-state index in [1.807, 2.05) is 76.2 Å². The third-order valence-corrected chi connectivity index (χ3v) is 7.41. The topological polar surface area (TPSA) is 87.7 Å². The zero-order valence-corrected chi connectivity index (χ0v) is 25.3. The van der Waals surface area contributed by atoms with Gasteiger partial charge in [0.1, 0.15) is 17.7 Å². The summed E-state index contributed by atoms with van der Waals surface area (Å²) in [5, 5.41) is 6.08. The van der Waals surface area contributed by atoms with Crippen LogP contribution in [0.3, 0.4) is 0 Å². The predicted molar refractivity (Wildman–Crippen MR) is 159 cm³/mol. The lowest BCUT2D eigenvalue weighted by Gasteiger charge is -2.38. The van der Waals surface area contributed by atoms with Crippen molar-refractivity contribution in [3.8, 4) is 0 Å². The first-order chi connectivity index (χ1) is 18.9. The number of aryl methyl sites for hydroxylation is 2. The van der Waals surface area contributed by atoms with Gasteiger partial charge in [-0.15, -0.1) is 0 Å². The van der Waals surface area contributed by atoms with Crippen molar-refractivity contribution in [2.75, 3.05) is 0 Å². The van der Waals surface area contributed by atoms with Crippen LogP contribution in [0.1, 0.15) is 95.0 Å². The number of alkyl carbamates (subject to hydrolysis) is 1. The summed E-state index contributed by atoms with van der Waals surface area (Å²) in [4.78, 5) is 43.0. The monoisotopic (exact) mass is 549 g/mol. The number of carbonyl (C=O) groups excluding carboxylic acids is 3. The van der Waals surface area contributed by atoms with E-state index in [1.165, 1.54) is 6.42 Å². The van der Waals surface area contributed by atoms with E-state index in [4.69, 9.17) is 4.74 Å². The zero-order valence-electron chi connectivity index (χ0n) is 25.3. The van der Waals surface area contributed by atoms with Gasteiger partial charge in [-0.05, 0) is 83.6 Å². The summed E-state index contributed by atoms with van der Waals surface area (Å²) in [5.41, 5.74) is 3.11. The predicted octanol–water partition coefficient (Wildman–Crippen LogP) is 6.17. The molecule has 2 aromatic rings. The highest BCUT2D eigenvalue weighted by molar-refractivity contribution is 5.92. The van der Waals surface area contributed by atoms with Gasteiger partial charge in [0.25, 0.3) is 0 Å². The lowest BCUT2D eigenvalue weighted by atomic mass is 9.93. The number of rotatable bonds is 9. The van der Waals surface area contributed by atoms with E-state index in [0.717, 1.165) is 47.9 Å². The second-order valence-corrected chi connectivity index (χ2v) is 12.3. The van der Waals surface area contributed by atoms with Gasteiger partial charge in [-0.1, -0.05) is 67.8 Å². The molecule has 2 aromatic carbocycles. The normalized spacial score (nSPS) is 15.7. The highest BCUT2D eigenvalue weighted by Crippen LogP contribution is 2.28. The van der Waals surface area contributed by atoms with Crippen molar-refractivity contribution in [1.29, 1.82) is 0 Å². The molecule has 7 nitrogen and oxygen atoms in total. The van der Waals surface area contributed by atoms with Gasteiger partial charge in [-0.3, -0.25) is 9.59 Å². The summed E-state index contributed by atoms with van der Waals surface area (Å²) in [6.45, 7) is 13.2. The fourth-order valence-electron chi connectivity index (χ4n) is 5.26. The molecule has 1 fully saturated rings. The summed E-state index contributed by atoms with van der Waals surface area (Å²) < 4.78 is 5.52. The van der Waals surface area contributed by atoms with Crippen LogP contribution in [0.15, 0.2) is 48.5 Å². The minimum Gasteiger partial charge on any atom is -0.444 e. The summed E-state index contributed by atoms with van der Waals surface area (Å²) in [6, 6.07) is 13.5. The minimum atomic E-state index is -0.920. The maximum atomic E-state index is 14.4. The molecule has 3 rings (SSSR count). The minimum absolute atomic E-state index is 0.0967. The average Bonchev–Trinajstić information content (AvgIpc) is 2.88. The first-order valence-corrected chi connectivity index (χ1v) is 14.6. The van der Waals surface area contributed by atoms with E-state index in [2.05, 4.69) is 10.6 Å². The van der Waals surface area contributed by atoms with Gasteiger partial charge in [0.15, 0.2) is 0 Å². The second-order valence-electron chi connectivity index (χ2n) is 12.3. The first kappa shape index (κ1) is 31.2. The summed E-state index contributed by atoms with van der Waals surface area (Å²) >= 11 is 0. The van der Waals surface area contributed by atoms with Crippen molar-refractivity contribution < 1.29 is 19.1 Å². The molecule has 0 spiro atoms. The number of benzene rings is 2. The lowest BCUT2D eigenvalue weighted by Crippen LogP contribution is -2.56. The largest absolute Gasteiger partial charge is 0.444 e. The molecule has 0 heterocycles. The SMILES string of the molecule is Cc1ccc(C(C(=O)NC2CCCCC2)N(C(=O)C(Cc2ccccc2)NC(=O)OC(C)(C)C)C(C)C)cc1C. The molecule has 1 aliphatic carbocycles. The molecule has 0 saturated heterocycles. The van der Waals surface area contributed by atoms with Crippen molar-refractivity contribution in [3.05, 3.63) is 70.8 Å². The van der Waals surface area contributed by atoms with E-state index < -0.39 is 23.8 Å². The molecule has 1 saturated carbocycles. The molecule has 7 heteroatoms. The van der Waals surface area contributed by atoms with Crippen LogP contribution in [-0.4, -0.2) is 46.5 Å². The van der Waals surface area contributed by atoms with Crippen LogP contribution in [0.5, 0.6) is 0 Å². The molecule has 2 N–H and O–H groups in total. The van der Waals surface area contributed by atoms with Crippen LogP contribution < -0.4 is 10.6 Å². The number of hydrogen-bond acceptors (Lipinski definition) is 4. The van der Waals surface area contributed by atoms with Crippen molar-refractivity contribution in [2.45, 2.75) is 117 Å². The first-order valence-electron chi connectivity index (χ1n) is 14.6. The Balaban J connectivity index is 2.01. The second kappa shape index (κ2) is 13.8. The molecule has 218 valence electrons. The molecule has 0 bridgehead atoms. The number of hydrogen-bond donors (Lipinski definition) is 2. The van der Waals surface area contributed by atoms with Gasteiger partial charge < -0.3 is 20.3 Å². The molecular formula is C33H47N3O4. The number of nitrogens with zero attached hydrogens (tertiary/aromatic N) is 1. The zero-order chi connectivity index (χ0) is 29.4. The number of ether oxygens (including phenoxy) is 1. The Morgan fingerprint density at radius 3 is 2.17 bits per heavy atom. The van der Waals surface area contributed by atoms with E-state index in [9.17, 15) is 14.4 Å². The maximum absolute atomic E-state index is 14.4. The van der Waals surface area contributed by atoms with Gasteiger partial charge in [-0.2, -0.15) is 0 Å². The molecule has 2 unspecified atom stereocenters. The van der Waals surface area contributed by atoms with Crippen LogP contribution >= 0.6 is 0 Å². The third-order valence-electron chi connectivity index (χ3n) is 7.41. The van der Waals surface area contributed by atoms with Crippen molar-refractivity contribution in [3.63, 3.8) is 0 Å². The summed E-state index contributed by atoms with van der Waals surface area (Å²) in [6.07, 6.45) is 4.85. The van der Waals surface area contributed by atoms with Gasteiger partial charge in [0, 0.05) is 18.5 Å². The molecule has 2 atom stereocenters. The number of amides is 3. The Hall–Kier alpha value is -3.35. The maximum Gasteiger partial charge on any atom is 0.408 e. The summed E-state index contributed by atoms with van der Waals surface area (Å²) in [5.74, 6) is -0.514. The van der Waals surface area contributed by atoms with E-state index >= 15 is 0 Å². The molecule has 1 aliphatic rings. The molecule has 0 aromatic heterocycles. The van der Waals surface area contributed by atoms with Crippen LogP contribution in [0.4, 0.5) is 4.79 Å². The van der Waals surface area contributed by atoms with Gasteiger partial charge in [0.05, 0.1) is 0 Å². The fourth-order valence-corrected chi connectivity index (χ4v) is 5.26. The number of carbonyl (C=O) groups is 3. The molecule has 0 radical (unpaired) electrons. The number of nitrogens with one attached hydrogen (secondary N) is 2. The average molecular weight is 550 g/mol. The van der Waals surface area contributed by atoms with Crippen LogP contribution in [0.2, 0.25) is 0 Å². The Labute approximate surface area is 240 Å². The highest BCUT2D eigenvalue weighted by atomic mass is 16.6. The molecule has 40 heavy (non-hydrogen) atoms. The van der Waals surface area contributed by atoms with Crippen molar-refractivity contribution in [1.82, 2.24) is 15.5 Å². The fraction of sp³-hybridized carbons (Fsp3) is 0.545. The van der Waals surface area contributed by atoms with Crippen LogP contribution in [0.25, 0.3) is 0 Å². The molecule has 0 aliphatic heterocycles. The Morgan fingerprint density at radius 1 is 0.950 bits per heavy atom. The van der Waals surface area contributed by atoms with Crippen LogP contribution in [-0.2, 0) is 20.7 Å². The van der Waals surface area contributed by atoms with Crippen molar-refractivity contribution >= 4 is 17.9 Å². The molecular weight excluding hydrogens is 502 g/mol. The van der Waals surface area contributed by atoms with E-state index in [-0.39, 0.29) is 30.3 Å². The Morgan fingerprint density at radius 2 is 1.60 bits per heavy atom. The van der Waals surface area contributed by atoms with E-state index in [1.54, 1.807) is 25.7 Å². The summed E-state index contributed by atoms with van der Waals surface area (Å²) in [7, 11) is 0. The van der Waals surface area contributed by atoms with E-state index in [0.29, 0.717) is 0 Å². The van der Waals surface area contributed by atoms with Crippen LogP contribution in [0, 0.1) is 13.8 Å². The molecule has 3 amide bonds. The Kier molecular flexibility index (Phi) is 10.8. The quantitative estimate of drug-likeness (QED) is 0.392. The van der Waals surface area contributed by atoms with Gasteiger partial charge in [0.2, 0.25) is 11.8 Å². The van der Waals surface area contributed by atoms with Gasteiger partial charge >= 0.3 is 6.09 Å². The highest BCUT2D eigenvalue weighted by Gasteiger charge is 2.38. The van der Waals surface area contributed by atoms with Gasteiger partial charge in [-0.25, -0.2) is 4.79 Å². The lowest BCUT2D eigenvalue weighted by molar-refractivity contribution is -0.145. The smallest absolute Gasteiger partial charge is 0.408 e. The standard InChI is InChI=1S/C33H47N3O4/c1-22(2)36(31(38)28(21-25-14-10-8-11-15-25)35-32(39)40-33(5,6)7)29(26-19-18-23(3)24(4)20-26)30(37)34-27-16-12-9-13-17-27/h8,10-11,14-15,18-20,22,27-29H,9,12-13,16-17,21H2,1-7H3,(H,34,37)(H,35,39).